The molecule has 3 N–H and O–H groups in total. The van der Waals surface area contributed by atoms with Gasteiger partial charge in [0.1, 0.15) is 0 Å². The molecule has 0 rings (SSSR count). The van der Waals surface area contributed by atoms with Gasteiger partial charge in [0, 0.05) is 37.5 Å². The van der Waals surface area contributed by atoms with Crippen molar-refractivity contribution in [2.45, 2.75) is 20.3 Å². The summed E-state index contributed by atoms with van der Waals surface area (Å²) >= 11 is 1.85. The van der Waals surface area contributed by atoms with Crippen LogP contribution >= 0.6 is 11.8 Å². The molecule has 4 heteroatoms. The Labute approximate surface area is 91.3 Å². The van der Waals surface area contributed by atoms with E-state index in [0.29, 0.717) is 0 Å². The van der Waals surface area contributed by atoms with E-state index in [1.807, 2.05) is 25.6 Å². The molecule has 0 radical (unpaired) electrons. The summed E-state index contributed by atoms with van der Waals surface area (Å²) in [5, 5.41) is 20.9. The Hall–Kier alpha value is 0.230. The van der Waals surface area contributed by atoms with Gasteiger partial charge < -0.3 is 15.5 Å². The van der Waals surface area contributed by atoms with Gasteiger partial charge in [-0.1, -0.05) is 13.8 Å². The van der Waals surface area contributed by atoms with Crippen molar-refractivity contribution in [1.29, 1.82) is 0 Å². The van der Waals surface area contributed by atoms with Crippen LogP contribution in [0.5, 0.6) is 0 Å². The molecule has 0 amide bonds. The molecule has 0 aromatic heterocycles. The Kier molecular flexibility index (Phi) is 8.67. The van der Waals surface area contributed by atoms with E-state index in [4.69, 9.17) is 10.2 Å². The Morgan fingerprint density at radius 1 is 1.21 bits per heavy atom. The highest BCUT2D eigenvalue weighted by atomic mass is 32.2. The molecule has 0 spiro atoms. The number of aliphatic hydroxyl groups excluding tert-OH is 2. The average molecular weight is 221 g/mol. The lowest BCUT2D eigenvalue weighted by atomic mass is 9.95. The Morgan fingerprint density at radius 2 is 1.93 bits per heavy atom. The quantitative estimate of drug-likeness (QED) is 0.502. The molecule has 0 atom stereocenters. The monoisotopic (exact) mass is 221 g/mol. The van der Waals surface area contributed by atoms with Crippen LogP contribution in [-0.4, -0.2) is 48.0 Å². The third-order valence-corrected chi connectivity index (χ3v) is 2.97. The summed E-state index contributed by atoms with van der Waals surface area (Å²) in [5.41, 5.74) is -0.0181. The predicted molar refractivity (Wildman–Crippen MR) is 62.8 cm³/mol. The van der Waals surface area contributed by atoms with Crippen molar-refractivity contribution in [3.05, 3.63) is 0 Å². The highest BCUT2D eigenvalue weighted by Gasteiger charge is 2.14. The van der Waals surface area contributed by atoms with Gasteiger partial charge >= 0.3 is 0 Å². The lowest BCUT2D eigenvalue weighted by Crippen LogP contribution is -2.33. The maximum atomic E-state index is 8.99. The van der Waals surface area contributed by atoms with Gasteiger partial charge in [-0.05, 0) is 12.2 Å². The minimum Gasteiger partial charge on any atom is -0.396 e. The second-order valence-corrected chi connectivity index (χ2v) is 5.41. The molecule has 0 bridgehead atoms. The van der Waals surface area contributed by atoms with E-state index in [-0.39, 0.29) is 18.6 Å². The molecule has 0 unspecified atom stereocenters. The van der Waals surface area contributed by atoms with Gasteiger partial charge in [0.2, 0.25) is 0 Å². The number of aliphatic hydroxyl groups is 2. The fourth-order valence-corrected chi connectivity index (χ4v) is 1.72. The lowest BCUT2D eigenvalue weighted by Gasteiger charge is -2.21. The summed E-state index contributed by atoms with van der Waals surface area (Å²) in [4.78, 5) is 0. The number of thioether (sulfide) groups is 1. The Bertz CT molecular complexity index is 131. The van der Waals surface area contributed by atoms with Crippen molar-refractivity contribution in [2.24, 2.45) is 5.41 Å². The molecular weight excluding hydrogens is 198 g/mol. The van der Waals surface area contributed by atoms with Crippen molar-refractivity contribution in [1.82, 2.24) is 5.32 Å². The van der Waals surface area contributed by atoms with E-state index in [0.717, 1.165) is 31.0 Å². The van der Waals surface area contributed by atoms with Gasteiger partial charge in [0.15, 0.2) is 0 Å². The highest BCUT2D eigenvalue weighted by Crippen LogP contribution is 2.11. The zero-order valence-electron chi connectivity index (χ0n) is 9.25. The zero-order chi connectivity index (χ0) is 10.9. The van der Waals surface area contributed by atoms with Crippen LogP contribution in [0.4, 0.5) is 0 Å². The molecule has 14 heavy (non-hydrogen) atoms. The minimum atomic E-state index is -0.0181. The van der Waals surface area contributed by atoms with Crippen LogP contribution < -0.4 is 5.32 Å². The average Bonchev–Trinajstić information content (AvgIpc) is 2.16. The molecule has 0 aromatic carbocycles. The third kappa shape index (κ3) is 8.81. The molecule has 0 aromatic rings. The number of rotatable bonds is 9. The van der Waals surface area contributed by atoms with E-state index >= 15 is 0 Å². The summed E-state index contributed by atoms with van der Waals surface area (Å²) in [5.74, 6) is 2.10. The number of nitrogens with one attached hydrogen (secondary N) is 1. The van der Waals surface area contributed by atoms with Crippen LogP contribution in [0.1, 0.15) is 20.3 Å². The summed E-state index contributed by atoms with van der Waals surface area (Å²) in [6.45, 7) is 6.41. The van der Waals surface area contributed by atoms with E-state index in [2.05, 4.69) is 5.32 Å². The fraction of sp³-hybridized carbons (Fsp3) is 1.00. The Morgan fingerprint density at radius 3 is 2.50 bits per heavy atom. The van der Waals surface area contributed by atoms with E-state index in [9.17, 15) is 0 Å². The first-order valence-electron chi connectivity index (χ1n) is 5.12. The molecule has 0 fully saturated rings. The molecule has 86 valence electrons. The standard InChI is InChI=1S/C10H23NO2S/c1-10(2,9-13)8-11-4-7-14-6-3-5-12/h11-13H,3-9H2,1-2H3. The van der Waals surface area contributed by atoms with Crippen molar-refractivity contribution < 1.29 is 10.2 Å². The highest BCUT2D eigenvalue weighted by molar-refractivity contribution is 7.99. The molecule has 3 nitrogen and oxygen atoms in total. The van der Waals surface area contributed by atoms with Crippen LogP contribution in [0.2, 0.25) is 0 Å². The summed E-state index contributed by atoms with van der Waals surface area (Å²) in [7, 11) is 0. The number of hydrogen-bond donors (Lipinski definition) is 3. The van der Waals surface area contributed by atoms with Gasteiger partial charge in [0.05, 0.1) is 0 Å². The van der Waals surface area contributed by atoms with E-state index < -0.39 is 0 Å². The molecule has 0 heterocycles. The van der Waals surface area contributed by atoms with Crippen LogP contribution in [0.25, 0.3) is 0 Å². The zero-order valence-corrected chi connectivity index (χ0v) is 10.1. The van der Waals surface area contributed by atoms with Crippen LogP contribution in [-0.2, 0) is 0 Å². The second-order valence-electron chi connectivity index (χ2n) is 4.19. The fourth-order valence-electron chi connectivity index (χ4n) is 0.896. The predicted octanol–water partition coefficient (Wildman–Crippen LogP) is 0.710. The van der Waals surface area contributed by atoms with Gasteiger partial charge in [-0.15, -0.1) is 0 Å². The van der Waals surface area contributed by atoms with Crippen LogP contribution in [0.3, 0.4) is 0 Å². The summed E-state index contributed by atoms with van der Waals surface area (Å²) < 4.78 is 0. The maximum Gasteiger partial charge on any atom is 0.0494 e. The second kappa shape index (κ2) is 8.53. The van der Waals surface area contributed by atoms with Crippen molar-refractivity contribution in [3.8, 4) is 0 Å². The summed E-state index contributed by atoms with van der Waals surface area (Å²) in [6, 6.07) is 0. The first-order valence-corrected chi connectivity index (χ1v) is 6.28. The normalized spacial score (nSPS) is 12.0. The smallest absolute Gasteiger partial charge is 0.0494 e. The number of hydrogen-bond acceptors (Lipinski definition) is 4. The summed E-state index contributed by atoms with van der Waals surface area (Å²) in [6.07, 6.45) is 0.882. The third-order valence-electron chi connectivity index (χ3n) is 1.90. The SMILES string of the molecule is CC(C)(CO)CNCCSCCCO. The van der Waals surface area contributed by atoms with Gasteiger partial charge in [-0.3, -0.25) is 0 Å². The maximum absolute atomic E-state index is 8.99. The Balaban J connectivity index is 3.13. The molecule has 0 saturated heterocycles. The van der Waals surface area contributed by atoms with Crippen LogP contribution in [0, 0.1) is 5.41 Å². The minimum absolute atomic E-state index is 0.0181. The molecule has 0 aliphatic carbocycles. The van der Waals surface area contributed by atoms with E-state index in [1.54, 1.807) is 0 Å². The molecule has 0 aliphatic rings. The van der Waals surface area contributed by atoms with E-state index in [1.165, 1.54) is 0 Å². The molecular formula is C10H23NO2S. The lowest BCUT2D eigenvalue weighted by molar-refractivity contribution is 0.158. The van der Waals surface area contributed by atoms with Crippen molar-refractivity contribution in [3.63, 3.8) is 0 Å². The first kappa shape index (κ1) is 14.2. The van der Waals surface area contributed by atoms with Gasteiger partial charge in [-0.25, -0.2) is 0 Å². The van der Waals surface area contributed by atoms with Gasteiger partial charge in [0.25, 0.3) is 0 Å². The topological polar surface area (TPSA) is 52.5 Å². The molecule has 0 saturated carbocycles. The molecule has 0 aliphatic heterocycles. The largest absolute Gasteiger partial charge is 0.396 e. The van der Waals surface area contributed by atoms with Crippen molar-refractivity contribution >= 4 is 11.8 Å². The van der Waals surface area contributed by atoms with Crippen molar-refractivity contribution in [2.75, 3.05) is 37.8 Å². The van der Waals surface area contributed by atoms with Gasteiger partial charge in [-0.2, -0.15) is 11.8 Å². The first-order chi connectivity index (χ1) is 6.62. The van der Waals surface area contributed by atoms with Crippen LogP contribution in [0.15, 0.2) is 0 Å².